The normalized spacial score (nSPS) is 20.0. The largest absolute Gasteiger partial charge is 0.338 e. The van der Waals surface area contributed by atoms with Crippen LogP contribution in [0.2, 0.25) is 0 Å². The minimum Gasteiger partial charge on any atom is -0.338 e. The maximum atomic E-state index is 12.6. The van der Waals surface area contributed by atoms with Crippen LogP contribution in [-0.4, -0.2) is 40.3 Å². The molecule has 1 amide bonds. The van der Waals surface area contributed by atoms with Crippen LogP contribution in [0.3, 0.4) is 0 Å². The van der Waals surface area contributed by atoms with Gasteiger partial charge in [-0.25, -0.2) is 0 Å². The number of pyridine rings is 1. The Hall–Kier alpha value is -2.20. The molecule has 0 bridgehead atoms. The number of carbonyl (C=O) groups excluding carboxylic acids is 1. The van der Waals surface area contributed by atoms with Gasteiger partial charge in [0.2, 0.25) is 5.91 Å². The minimum absolute atomic E-state index is 0.190. The Morgan fingerprint density at radius 1 is 1.04 bits per heavy atom. The fourth-order valence-electron chi connectivity index (χ4n) is 4.42. The van der Waals surface area contributed by atoms with Crippen LogP contribution in [-0.2, 0) is 17.9 Å². The fourth-order valence-corrected chi connectivity index (χ4v) is 4.42. The predicted octanol–water partition coefficient (Wildman–Crippen LogP) is 3.40. The molecule has 0 aliphatic carbocycles. The Bertz CT molecular complexity index is 766. The van der Waals surface area contributed by atoms with E-state index in [0.29, 0.717) is 5.91 Å². The highest BCUT2D eigenvalue weighted by molar-refractivity contribution is 5.79. The molecule has 26 heavy (non-hydrogen) atoms. The third-order valence-electron chi connectivity index (χ3n) is 5.93. The molecule has 4 rings (SSSR count). The van der Waals surface area contributed by atoms with Crippen LogP contribution in [0.5, 0.6) is 0 Å². The highest BCUT2D eigenvalue weighted by Gasteiger charge is 2.44. The molecule has 3 heterocycles. The lowest BCUT2D eigenvalue weighted by Crippen LogP contribution is -2.41. The summed E-state index contributed by atoms with van der Waals surface area (Å²) in [6, 6.07) is 12.7. The van der Waals surface area contributed by atoms with Gasteiger partial charge in [0, 0.05) is 38.4 Å². The molecule has 0 N–H and O–H groups in total. The summed E-state index contributed by atoms with van der Waals surface area (Å²) in [5, 5.41) is 0. The van der Waals surface area contributed by atoms with Crippen LogP contribution in [0.25, 0.3) is 0 Å². The maximum Gasteiger partial charge on any atom is 0.223 e. The van der Waals surface area contributed by atoms with Crippen molar-refractivity contribution >= 4 is 5.91 Å². The van der Waals surface area contributed by atoms with E-state index < -0.39 is 0 Å². The Balaban J connectivity index is 1.35. The Morgan fingerprint density at radius 2 is 1.81 bits per heavy atom. The second-order valence-electron chi connectivity index (χ2n) is 8.05. The van der Waals surface area contributed by atoms with Gasteiger partial charge in [0.25, 0.3) is 0 Å². The fraction of sp³-hybridized carbons (Fsp3) is 0.455. The van der Waals surface area contributed by atoms with Crippen molar-refractivity contribution in [2.24, 2.45) is 5.41 Å². The molecule has 2 aliphatic heterocycles. The summed E-state index contributed by atoms with van der Waals surface area (Å²) in [5.41, 5.74) is 4.01. The first kappa shape index (κ1) is 17.2. The number of nitrogens with zero attached hydrogens (tertiary/aromatic N) is 3. The van der Waals surface area contributed by atoms with Gasteiger partial charge in [-0.3, -0.25) is 14.7 Å². The number of piperidine rings is 1. The molecular formula is C22H27N3O. The van der Waals surface area contributed by atoms with Crippen molar-refractivity contribution in [3.63, 3.8) is 0 Å². The van der Waals surface area contributed by atoms with E-state index in [1.807, 2.05) is 12.4 Å². The zero-order valence-corrected chi connectivity index (χ0v) is 15.5. The van der Waals surface area contributed by atoms with Crippen LogP contribution in [0.4, 0.5) is 0 Å². The van der Waals surface area contributed by atoms with Crippen LogP contribution >= 0.6 is 0 Å². The van der Waals surface area contributed by atoms with Crippen LogP contribution < -0.4 is 0 Å². The van der Waals surface area contributed by atoms with Crippen molar-refractivity contribution in [1.82, 2.24) is 14.8 Å². The number of rotatable bonds is 4. The van der Waals surface area contributed by atoms with E-state index in [9.17, 15) is 4.79 Å². The van der Waals surface area contributed by atoms with Gasteiger partial charge in [0.05, 0.1) is 0 Å². The lowest BCUT2D eigenvalue weighted by Gasteiger charge is -2.38. The first-order valence-corrected chi connectivity index (χ1v) is 9.57. The summed E-state index contributed by atoms with van der Waals surface area (Å²) in [6.45, 7) is 6.92. The molecule has 2 saturated heterocycles. The molecule has 1 spiro atoms. The number of aryl methyl sites for hydroxylation is 1. The smallest absolute Gasteiger partial charge is 0.223 e. The molecule has 1 aromatic carbocycles. The third-order valence-corrected chi connectivity index (χ3v) is 5.93. The molecule has 4 nitrogen and oxygen atoms in total. The maximum absolute atomic E-state index is 12.6. The average Bonchev–Trinajstić information content (AvgIpc) is 2.93. The highest BCUT2D eigenvalue weighted by Crippen LogP contribution is 2.41. The summed E-state index contributed by atoms with van der Waals surface area (Å²) in [6.07, 6.45) is 6.68. The van der Waals surface area contributed by atoms with Crippen molar-refractivity contribution in [2.45, 2.75) is 39.3 Å². The number of hydrogen-bond donors (Lipinski definition) is 0. The van der Waals surface area contributed by atoms with Gasteiger partial charge in [0.1, 0.15) is 0 Å². The number of hydrogen-bond acceptors (Lipinski definition) is 3. The number of carbonyl (C=O) groups is 1. The third kappa shape index (κ3) is 3.80. The van der Waals surface area contributed by atoms with E-state index >= 15 is 0 Å². The summed E-state index contributed by atoms with van der Waals surface area (Å²) in [4.78, 5) is 21.3. The Morgan fingerprint density at radius 3 is 2.54 bits per heavy atom. The quantitative estimate of drug-likeness (QED) is 0.849. The molecule has 1 aromatic heterocycles. The van der Waals surface area contributed by atoms with E-state index in [-0.39, 0.29) is 5.41 Å². The van der Waals surface area contributed by atoms with Crippen LogP contribution in [0.15, 0.2) is 48.8 Å². The van der Waals surface area contributed by atoms with Crippen molar-refractivity contribution < 1.29 is 4.79 Å². The molecule has 136 valence electrons. The van der Waals surface area contributed by atoms with Crippen molar-refractivity contribution in [3.05, 3.63) is 65.5 Å². The average molecular weight is 349 g/mol. The molecule has 0 radical (unpaired) electrons. The highest BCUT2D eigenvalue weighted by atomic mass is 16.2. The van der Waals surface area contributed by atoms with Gasteiger partial charge < -0.3 is 4.90 Å². The molecule has 0 atom stereocenters. The van der Waals surface area contributed by atoms with Gasteiger partial charge in [-0.05, 0) is 61.5 Å². The molecule has 4 heteroatoms. The summed E-state index contributed by atoms with van der Waals surface area (Å²) in [5.74, 6) is 0.328. The predicted molar refractivity (Wildman–Crippen MR) is 102 cm³/mol. The lowest BCUT2D eigenvalue weighted by atomic mass is 9.77. The Kier molecular flexibility index (Phi) is 4.77. The zero-order valence-electron chi connectivity index (χ0n) is 15.5. The van der Waals surface area contributed by atoms with E-state index in [2.05, 4.69) is 58.1 Å². The van der Waals surface area contributed by atoms with Gasteiger partial charge >= 0.3 is 0 Å². The SMILES string of the molecule is Cc1cccc(CN2CC3(CCN(Cc4ccncc4)CC3)CC2=O)c1. The molecule has 0 saturated carbocycles. The van der Waals surface area contributed by atoms with E-state index in [1.54, 1.807) is 0 Å². The number of amides is 1. The van der Waals surface area contributed by atoms with E-state index in [1.165, 1.54) is 16.7 Å². The van der Waals surface area contributed by atoms with Crippen molar-refractivity contribution in [1.29, 1.82) is 0 Å². The van der Waals surface area contributed by atoms with E-state index in [0.717, 1.165) is 52.0 Å². The van der Waals surface area contributed by atoms with Gasteiger partial charge in [-0.15, -0.1) is 0 Å². The zero-order chi connectivity index (χ0) is 18.0. The lowest BCUT2D eigenvalue weighted by molar-refractivity contribution is -0.128. The second-order valence-corrected chi connectivity index (χ2v) is 8.05. The molecular weight excluding hydrogens is 322 g/mol. The monoisotopic (exact) mass is 349 g/mol. The second kappa shape index (κ2) is 7.20. The molecule has 2 aliphatic rings. The molecule has 0 unspecified atom stereocenters. The first-order valence-electron chi connectivity index (χ1n) is 9.57. The van der Waals surface area contributed by atoms with Gasteiger partial charge in [-0.2, -0.15) is 0 Å². The topological polar surface area (TPSA) is 36.4 Å². The minimum atomic E-state index is 0.190. The van der Waals surface area contributed by atoms with Crippen molar-refractivity contribution in [2.75, 3.05) is 19.6 Å². The van der Waals surface area contributed by atoms with Gasteiger partial charge in [-0.1, -0.05) is 29.8 Å². The Labute approximate surface area is 155 Å². The number of likely N-dealkylation sites (tertiary alicyclic amines) is 2. The summed E-state index contributed by atoms with van der Waals surface area (Å²) < 4.78 is 0. The van der Waals surface area contributed by atoms with Crippen molar-refractivity contribution in [3.8, 4) is 0 Å². The number of aromatic nitrogens is 1. The molecule has 2 fully saturated rings. The van der Waals surface area contributed by atoms with Crippen LogP contribution in [0, 0.1) is 12.3 Å². The van der Waals surface area contributed by atoms with Gasteiger partial charge in [0.15, 0.2) is 0 Å². The standard InChI is InChI=1S/C22H27N3O/c1-18-3-2-4-20(13-18)16-25-17-22(14-21(25)26)7-11-24(12-8-22)15-19-5-9-23-10-6-19/h2-6,9-10,13H,7-8,11-12,14-17H2,1H3. The van der Waals surface area contributed by atoms with Crippen LogP contribution in [0.1, 0.15) is 36.0 Å². The first-order chi connectivity index (χ1) is 12.6. The van der Waals surface area contributed by atoms with E-state index in [4.69, 9.17) is 0 Å². The number of benzene rings is 1. The molecule has 2 aromatic rings. The summed E-state index contributed by atoms with van der Waals surface area (Å²) >= 11 is 0. The summed E-state index contributed by atoms with van der Waals surface area (Å²) in [7, 11) is 0.